The molecule has 0 aliphatic heterocycles. The van der Waals surface area contributed by atoms with Gasteiger partial charge in [-0.2, -0.15) is 0 Å². The maximum absolute atomic E-state index is 13.2. The molecule has 57 heavy (non-hydrogen) atoms. The SMILES string of the molecule is CCCC/C=C\CCCCCCCC(=O)OC(CCCCCCC/C=C/CCCCCCCC)CC(=O)NC(CO)C(O)CCCCCCCCCCCCCC. The maximum atomic E-state index is 13.2. The van der Waals surface area contributed by atoms with Crippen molar-refractivity contribution in [2.45, 2.75) is 283 Å². The number of hydrogen-bond acceptors (Lipinski definition) is 5. The summed E-state index contributed by atoms with van der Waals surface area (Å²) in [6, 6.07) is -0.701. The van der Waals surface area contributed by atoms with Gasteiger partial charge in [0.1, 0.15) is 6.10 Å². The fraction of sp³-hybridized carbons (Fsp3) is 0.882. The molecule has 0 aromatic heterocycles. The Morgan fingerprint density at radius 3 is 1.30 bits per heavy atom. The smallest absolute Gasteiger partial charge is 0.306 e. The number of carbonyl (C=O) groups excluding carboxylic acids is 2. The average molecular weight is 804 g/mol. The molecule has 0 saturated heterocycles. The van der Waals surface area contributed by atoms with Crippen LogP contribution in [0.15, 0.2) is 24.3 Å². The first-order chi connectivity index (χ1) is 28.0. The molecule has 0 fully saturated rings. The number of unbranched alkanes of at least 4 members (excludes halogenated alkanes) is 29. The van der Waals surface area contributed by atoms with Crippen molar-refractivity contribution < 1.29 is 24.5 Å². The molecule has 0 saturated carbocycles. The second kappa shape index (κ2) is 45.4. The number of rotatable bonds is 45. The molecule has 1 amide bonds. The molecule has 3 atom stereocenters. The molecular weight excluding hydrogens is 707 g/mol. The van der Waals surface area contributed by atoms with E-state index in [0.29, 0.717) is 19.3 Å². The fourth-order valence-electron chi connectivity index (χ4n) is 7.64. The summed E-state index contributed by atoms with van der Waals surface area (Å²) in [6.45, 7) is 6.44. The maximum Gasteiger partial charge on any atom is 0.306 e. The summed E-state index contributed by atoms with van der Waals surface area (Å²) in [5.41, 5.74) is 0. The van der Waals surface area contributed by atoms with E-state index in [4.69, 9.17) is 4.74 Å². The highest BCUT2D eigenvalue weighted by Gasteiger charge is 2.24. The Labute approximate surface area is 354 Å². The molecule has 0 radical (unpaired) electrons. The van der Waals surface area contributed by atoms with Gasteiger partial charge in [-0.05, 0) is 70.6 Å². The monoisotopic (exact) mass is 804 g/mol. The van der Waals surface area contributed by atoms with Crippen molar-refractivity contribution in [3.05, 3.63) is 24.3 Å². The molecule has 3 N–H and O–H groups in total. The molecule has 6 nitrogen and oxygen atoms in total. The van der Waals surface area contributed by atoms with Crippen molar-refractivity contribution >= 4 is 11.9 Å². The lowest BCUT2D eigenvalue weighted by Gasteiger charge is -2.24. The number of allylic oxidation sites excluding steroid dienone is 4. The molecule has 0 spiro atoms. The number of amides is 1. The summed E-state index contributed by atoms with van der Waals surface area (Å²) >= 11 is 0. The van der Waals surface area contributed by atoms with Crippen LogP contribution in [0.4, 0.5) is 0 Å². The zero-order chi connectivity index (χ0) is 41.7. The average Bonchev–Trinajstić information content (AvgIpc) is 3.20. The number of aliphatic hydroxyl groups is 2. The molecule has 0 aliphatic rings. The Kier molecular flexibility index (Phi) is 44.1. The second-order valence-electron chi connectivity index (χ2n) is 17.2. The molecule has 0 aromatic rings. The van der Waals surface area contributed by atoms with Crippen molar-refractivity contribution in [2.75, 3.05) is 6.61 Å². The molecule has 0 heterocycles. The van der Waals surface area contributed by atoms with Gasteiger partial charge in [0.25, 0.3) is 0 Å². The van der Waals surface area contributed by atoms with Crippen LogP contribution in [0.25, 0.3) is 0 Å². The normalized spacial score (nSPS) is 13.4. The Balaban J connectivity index is 4.58. The van der Waals surface area contributed by atoms with Crippen LogP contribution in [0, 0.1) is 0 Å². The number of hydrogen-bond donors (Lipinski definition) is 3. The minimum absolute atomic E-state index is 0.0722. The van der Waals surface area contributed by atoms with Gasteiger partial charge in [-0.25, -0.2) is 0 Å². The lowest BCUT2D eigenvalue weighted by Crippen LogP contribution is -2.46. The van der Waals surface area contributed by atoms with Crippen LogP contribution in [0.3, 0.4) is 0 Å². The van der Waals surface area contributed by atoms with Gasteiger partial charge >= 0.3 is 5.97 Å². The quantitative estimate of drug-likeness (QED) is 0.0324. The minimum atomic E-state index is -0.787. The largest absolute Gasteiger partial charge is 0.462 e. The van der Waals surface area contributed by atoms with Crippen LogP contribution in [0.1, 0.15) is 265 Å². The van der Waals surface area contributed by atoms with E-state index in [1.165, 1.54) is 154 Å². The van der Waals surface area contributed by atoms with Gasteiger partial charge < -0.3 is 20.3 Å². The van der Waals surface area contributed by atoms with Crippen LogP contribution in [-0.4, -0.2) is 46.9 Å². The summed E-state index contributed by atoms with van der Waals surface area (Å²) in [7, 11) is 0. The Morgan fingerprint density at radius 1 is 0.491 bits per heavy atom. The predicted molar refractivity (Wildman–Crippen MR) is 246 cm³/mol. The summed E-state index contributed by atoms with van der Waals surface area (Å²) in [5.74, 6) is -0.484. The number of esters is 1. The second-order valence-corrected chi connectivity index (χ2v) is 17.2. The molecule has 0 rings (SSSR count). The summed E-state index contributed by atoms with van der Waals surface area (Å²) in [5, 5.41) is 23.7. The van der Waals surface area contributed by atoms with Crippen LogP contribution in [0.5, 0.6) is 0 Å². The van der Waals surface area contributed by atoms with Gasteiger partial charge in [-0.1, -0.05) is 206 Å². The van der Waals surface area contributed by atoms with Crippen molar-refractivity contribution in [3.63, 3.8) is 0 Å². The van der Waals surface area contributed by atoms with Crippen LogP contribution < -0.4 is 5.32 Å². The zero-order valence-corrected chi connectivity index (χ0v) is 38.2. The lowest BCUT2D eigenvalue weighted by atomic mass is 10.0. The third-order valence-corrected chi connectivity index (χ3v) is 11.5. The summed E-state index contributed by atoms with van der Waals surface area (Å²) in [4.78, 5) is 26.1. The van der Waals surface area contributed by atoms with Crippen LogP contribution in [-0.2, 0) is 14.3 Å². The fourth-order valence-corrected chi connectivity index (χ4v) is 7.64. The van der Waals surface area contributed by atoms with E-state index in [1.54, 1.807) is 0 Å². The van der Waals surface area contributed by atoms with Gasteiger partial charge in [-0.15, -0.1) is 0 Å². The molecule has 6 heteroatoms. The van der Waals surface area contributed by atoms with E-state index in [0.717, 1.165) is 64.2 Å². The topological polar surface area (TPSA) is 95.9 Å². The van der Waals surface area contributed by atoms with Crippen LogP contribution >= 0.6 is 0 Å². The first-order valence-corrected chi connectivity index (χ1v) is 25.1. The van der Waals surface area contributed by atoms with Gasteiger partial charge in [0.05, 0.1) is 25.2 Å². The number of nitrogens with one attached hydrogen (secondary N) is 1. The van der Waals surface area contributed by atoms with Gasteiger partial charge in [0.2, 0.25) is 5.91 Å². The molecule has 0 bridgehead atoms. The highest BCUT2D eigenvalue weighted by molar-refractivity contribution is 5.77. The zero-order valence-electron chi connectivity index (χ0n) is 38.2. The Bertz CT molecular complexity index is 904. The highest BCUT2D eigenvalue weighted by atomic mass is 16.5. The van der Waals surface area contributed by atoms with E-state index in [9.17, 15) is 19.8 Å². The predicted octanol–water partition coefficient (Wildman–Crippen LogP) is 14.7. The van der Waals surface area contributed by atoms with Crippen molar-refractivity contribution in [1.29, 1.82) is 0 Å². The van der Waals surface area contributed by atoms with Crippen molar-refractivity contribution in [3.8, 4) is 0 Å². The molecule has 3 unspecified atom stereocenters. The number of aliphatic hydroxyl groups excluding tert-OH is 2. The molecular formula is C51H97NO5. The summed E-state index contributed by atoms with van der Waals surface area (Å²) < 4.78 is 5.91. The van der Waals surface area contributed by atoms with Crippen LogP contribution in [0.2, 0.25) is 0 Å². The molecule has 0 aliphatic carbocycles. The lowest BCUT2D eigenvalue weighted by molar-refractivity contribution is -0.151. The minimum Gasteiger partial charge on any atom is -0.462 e. The van der Waals surface area contributed by atoms with E-state index in [-0.39, 0.29) is 24.9 Å². The van der Waals surface area contributed by atoms with E-state index in [1.807, 2.05) is 0 Å². The van der Waals surface area contributed by atoms with Crippen molar-refractivity contribution in [2.24, 2.45) is 0 Å². The van der Waals surface area contributed by atoms with Gasteiger partial charge in [0.15, 0.2) is 0 Å². The number of carbonyl (C=O) groups is 2. The van der Waals surface area contributed by atoms with E-state index in [2.05, 4.69) is 50.4 Å². The third-order valence-electron chi connectivity index (χ3n) is 11.5. The third kappa shape index (κ3) is 40.9. The Morgan fingerprint density at radius 2 is 0.860 bits per heavy atom. The molecule has 0 aromatic carbocycles. The standard InChI is InChI=1S/C51H97NO5/c1-4-7-10-13-16-19-22-24-25-26-28-30-33-36-39-42-47(57-51(56)44-41-38-35-32-27-21-18-15-12-9-6-3)45-50(55)52-48(46-53)49(54)43-40-37-34-31-29-23-20-17-14-11-8-5-2/h15,18,24-25,47-49,53-54H,4-14,16-17,19-23,26-46H2,1-3H3,(H,52,55)/b18-15-,25-24+. The van der Waals surface area contributed by atoms with Gasteiger partial charge in [0, 0.05) is 6.42 Å². The Hall–Kier alpha value is -1.66. The first kappa shape index (κ1) is 55.3. The molecule has 336 valence electrons. The van der Waals surface area contributed by atoms with Gasteiger partial charge in [-0.3, -0.25) is 9.59 Å². The summed E-state index contributed by atoms with van der Waals surface area (Å²) in [6.07, 6.45) is 50.9. The van der Waals surface area contributed by atoms with E-state index < -0.39 is 18.2 Å². The number of ether oxygens (including phenoxy) is 1. The van der Waals surface area contributed by atoms with Crippen molar-refractivity contribution in [1.82, 2.24) is 5.32 Å². The highest BCUT2D eigenvalue weighted by Crippen LogP contribution is 2.18. The van der Waals surface area contributed by atoms with E-state index >= 15 is 0 Å². The first-order valence-electron chi connectivity index (χ1n) is 25.1.